The number of carbonyl (C=O) groups is 2. The molecule has 0 aromatic carbocycles. The molecule has 1 aliphatic rings. The number of hydrogen-bond donors (Lipinski definition) is 2. The molecule has 1 rings (SSSR count). The van der Waals surface area contributed by atoms with Gasteiger partial charge in [-0.25, -0.2) is 0 Å². The van der Waals surface area contributed by atoms with Crippen LogP contribution >= 0.6 is 0 Å². The third-order valence-electron chi connectivity index (χ3n) is 2.36. The minimum atomic E-state index is -0.775. The maximum absolute atomic E-state index is 11.0. The average molecular weight is 195 g/mol. The Morgan fingerprint density at radius 1 is 1.43 bits per heavy atom. The van der Waals surface area contributed by atoms with Gasteiger partial charge in [0.25, 0.3) is 5.91 Å². The van der Waals surface area contributed by atoms with Crippen molar-refractivity contribution in [3.63, 3.8) is 0 Å². The van der Waals surface area contributed by atoms with Gasteiger partial charge in [0.05, 0.1) is 5.92 Å². The second-order valence-electron chi connectivity index (χ2n) is 3.39. The molecule has 0 aliphatic heterocycles. The van der Waals surface area contributed by atoms with Crippen molar-refractivity contribution in [3.8, 4) is 11.8 Å². The highest BCUT2D eigenvalue weighted by molar-refractivity contribution is 5.93. The van der Waals surface area contributed by atoms with E-state index in [9.17, 15) is 9.59 Å². The van der Waals surface area contributed by atoms with Crippen molar-refractivity contribution in [2.45, 2.75) is 32.2 Å². The third-order valence-corrected chi connectivity index (χ3v) is 2.36. The van der Waals surface area contributed by atoms with Gasteiger partial charge < -0.3 is 10.4 Å². The minimum absolute atomic E-state index is 0.0237. The Morgan fingerprint density at radius 2 is 2.14 bits per heavy atom. The summed E-state index contributed by atoms with van der Waals surface area (Å²) >= 11 is 0. The first-order chi connectivity index (χ1) is 6.63. The predicted octanol–water partition coefficient (Wildman–Crippen LogP) is 0.379. The molecule has 1 aliphatic carbocycles. The summed E-state index contributed by atoms with van der Waals surface area (Å²) in [6, 6.07) is -0.0237. The quantitative estimate of drug-likeness (QED) is 0.626. The van der Waals surface area contributed by atoms with Crippen molar-refractivity contribution in [1.29, 1.82) is 0 Å². The molecular formula is C10H13NO3. The molecule has 76 valence electrons. The van der Waals surface area contributed by atoms with Gasteiger partial charge in [-0.05, 0) is 32.1 Å². The monoisotopic (exact) mass is 195 g/mol. The van der Waals surface area contributed by atoms with E-state index in [0.717, 1.165) is 6.42 Å². The van der Waals surface area contributed by atoms with E-state index in [-0.39, 0.29) is 17.9 Å². The Bertz CT molecular complexity index is 300. The number of aliphatic carboxylic acids is 1. The Morgan fingerprint density at radius 3 is 2.64 bits per heavy atom. The van der Waals surface area contributed by atoms with Crippen LogP contribution in [0.25, 0.3) is 0 Å². The molecular weight excluding hydrogens is 182 g/mol. The zero-order chi connectivity index (χ0) is 10.6. The molecule has 4 heteroatoms. The second kappa shape index (κ2) is 4.66. The number of carboxylic acids is 1. The van der Waals surface area contributed by atoms with E-state index in [4.69, 9.17) is 5.11 Å². The molecule has 14 heavy (non-hydrogen) atoms. The fourth-order valence-corrected chi connectivity index (χ4v) is 1.67. The van der Waals surface area contributed by atoms with E-state index in [1.807, 2.05) is 0 Å². The van der Waals surface area contributed by atoms with E-state index in [1.54, 1.807) is 6.92 Å². The highest BCUT2D eigenvalue weighted by Crippen LogP contribution is 2.25. The number of amides is 1. The zero-order valence-electron chi connectivity index (χ0n) is 8.04. The summed E-state index contributed by atoms with van der Waals surface area (Å²) in [5.74, 6) is 3.46. The zero-order valence-corrected chi connectivity index (χ0v) is 8.04. The summed E-state index contributed by atoms with van der Waals surface area (Å²) in [6.07, 6.45) is 1.89. The maximum atomic E-state index is 11.0. The van der Waals surface area contributed by atoms with Gasteiger partial charge in [-0.15, -0.1) is 0 Å². The topological polar surface area (TPSA) is 66.4 Å². The Labute approximate surface area is 82.7 Å². The summed E-state index contributed by atoms with van der Waals surface area (Å²) in [6.45, 7) is 1.59. The molecule has 0 aromatic heterocycles. The first kappa shape index (κ1) is 10.6. The second-order valence-corrected chi connectivity index (χ2v) is 3.39. The number of carbonyl (C=O) groups excluding carboxylic acids is 1. The van der Waals surface area contributed by atoms with E-state index in [1.165, 1.54) is 0 Å². The lowest BCUT2D eigenvalue weighted by Gasteiger charge is -2.08. The van der Waals surface area contributed by atoms with Crippen molar-refractivity contribution < 1.29 is 14.7 Å². The normalized spacial score (nSPS) is 24.9. The van der Waals surface area contributed by atoms with Crippen LogP contribution < -0.4 is 5.32 Å². The van der Waals surface area contributed by atoms with Gasteiger partial charge in [0.1, 0.15) is 0 Å². The first-order valence-electron chi connectivity index (χ1n) is 4.59. The van der Waals surface area contributed by atoms with Gasteiger partial charge in [0, 0.05) is 6.04 Å². The molecule has 0 unspecified atom stereocenters. The van der Waals surface area contributed by atoms with E-state index in [2.05, 4.69) is 17.2 Å². The SMILES string of the molecule is CC#CC(=O)N[C@H]1CC[C@@H](C(=O)O)C1. The smallest absolute Gasteiger partial charge is 0.306 e. The van der Waals surface area contributed by atoms with E-state index in [0.29, 0.717) is 12.8 Å². The molecule has 2 atom stereocenters. The minimum Gasteiger partial charge on any atom is -0.481 e. The molecule has 4 nitrogen and oxygen atoms in total. The summed E-state index contributed by atoms with van der Waals surface area (Å²) in [5, 5.41) is 11.4. The summed E-state index contributed by atoms with van der Waals surface area (Å²) in [4.78, 5) is 21.7. The van der Waals surface area contributed by atoms with Gasteiger partial charge in [-0.1, -0.05) is 5.92 Å². The number of carboxylic acid groups (broad SMARTS) is 1. The van der Waals surface area contributed by atoms with Crippen LogP contribution in [-0.2, 0) is 9.59 Å². The van der Waals surface area contributed by atoms with Crippen LogP contribution in [0.1, 0.15) is 26.2 Å². The molecule has 0 heterocycles. The largest absolute Gasteiger partial charge is 0.481 e. The summed E-state index contributed by atoms with van der Waals surface area (Å²) in [7, 11) is 0. The number of rotatable bonds is 2. The van der Waals surface area contributed by atoms with E-state index < -0.39 is 5.97 Å². The number of nitrogens with one attached hydrogen (secondary N) is 1. The average Bonchev–Trinajstić information content (AvgIpc) is 2.53. The van der Waals surface area contributed by atoms with Crippen LogP contribution in [0.5, 0.6) is 0 Å². The van der Waals surface area contributed by atoms with Gasteiger partial charge in [-0.2, -0.15) is 0 Å². The maximum Gasteiger partial charge on any atom is 0.306 e. The molecule has 1 amide bonds. The van der Waals surface area contributed by atoms with Crippen molar-refractivity contribution in [2.24, 2.45) is 5.92 Å². The molecule has 1 saturated carbocycles. The van der Waals surface area contributed by atoms with Gasteiger partial charge in [0.2, 0.25) is 0 Å². The predicted molar refractivity (Wildman–Crippen MR) is 50.4 cm³/mol. The molecule has 0 saturated heterocycles. The van der Waals surface area contributed by atoms with Crippen LogP contribution in [0.4, 0.5) is 0 Å². The lowest BCUT2D eigenvalue weighted by atomic mass is 10.1. The Kier molecular flexibility index (Phi) is 3.52. The van der Waals surface area contributed by atoms with Crippen LogP contribution in [-0.4, -0.2) is 23.0 Å². The Balaban J connectivity index is 2.38. The van der Waals surface area contributed by atoms with Crippen LogP contribution in [0.3, 0.4) is 0 Å². The lowest BCUT2D eigenvalue weighted by molar-refractivity contribution is -0.141. The molecule has 0 aromatic rings. The van der Waals surface area contributed by atoms with Crippen LogP contribution in [0.2, 0.25) is 0 Å². The third kappa shape index (κ3) is 2.77. The molecule has 0 spiro atoms. The Hall–Kier alpha value is -1.50. The molecule has 1 fully saturated rings. The first-order valence-corrected chi connectivity index (χ1v) is 4.59. The fourth-order valence-electron chi connectivity index (χ4n) is 1.67. The van der Waals surface area contributed by atoms with Crippen LogP contribution in [0.15, 0.2) is 0 Å². The van der Waals surface area contributed by atoms with Gasteiger partial charge in [0.15, 0.2) is 0 Å². The van der Waals surface area contributed by atoms with E-state index >= 15 is 0 Å². The molecule has 0 bridgehead atoms. The summed E-state index contributed by atoms with van der Waals surface area (Å²) in [5.41, 5.74) is 0. The highest BCUT2D eigenvalue weighted by Gasteiger charge is 2.30. The van der Waals surface area contributed by atoms with Gasteiger partial charge >= 0.3 is 5.97 Å². The summed E-state index contributed by atoms with van der Waals surface area (Å²) < 4.78 is 0. The highest BCUT2D eigenvalue weighted by atomic mass is 16.4. The molecule has 2 N–H and O–H groups in total. The standard InChI is InChI=1S/C10H13NO3/c1-2-3-9(12)11-8-5-4-7(6-8)10(13)14/h7-8H,4-6H2,1H3,(H,11,12)(H,13,14)/t7-,8+/m1/s1. The van der Waals surface area contributed by atoms with Crippen molar-refractivity contribution in [3.05, 3.63) is 0 Å². The van der Waals surface area contributed by atoms with Crippen molar-refractivity contribution in [2.75, 3.05) is 0 Å². The van der Waals surface area contributed by atoms with Crippen molar-refractivity contribution in [1.82, 2.24) is 5.32 Å². The number of hydrogen-bond acceptors (Lipinski definition) is 2. The molecule has 0 radical (unpaired) electrons. The van der Waals surface area contributed by atoms with Gasteiger partial charge in [-0.3, -0.25) is 9.59 Å². The van der Waals surface area contributed by atoms with Crippen LogP contribution in [0, 0.1) is 17.8 Å². The lowest BCUT2D eigenvalue weighted by Crippen LogP contribution is -2.32. The van der Waals surface area contributed by atoms with Crippen molar-refractivity contribution >= 4 is 11.9 Å². The fraction of sp³-hybridized carbons (Fsp3) is 0.600.